The third-order valence-corrected chi connectivity index (χ3v) is 4.73. The van der Waals surface area contributed by atoms with Crippen LogP contribution in [0.25, 0.3) is 0 Å². The van der Waals surface area contributed by atoms with Gasteiger partial charge >= 0.3 is 0 Å². The molecule has 0 saturated carbocycles. The van der Waals surface area contributed by atoms with Crippen molar-refractivity contribution in [2.75, 3.05) is 11.9 Å². The number of aromatic nitrogens is 1. The highest BCUT2D eigenvalue weighted by molar-refractivity contribution is 7.18. The molecule has 3 rings (SSSR count). The Morgan fingerprint density at radius 2 is 2.33 bits per heavy atom. The number of nitrogens with one attached hydrogen (secondary N) is 1. The van der Waals surface area contributed by atoms with E-state index in [9.17, 15) is 4.79 Å². The summed E-state index contributed by atoms with van der Waals surface area (Å²) >= 11 is 8.52. The molecule has 1 amide bonds. The third-order valence-electron chi connectivity index (χ3n) is 2.51. The average Bonchev–Trinajstić information content (AvgIpc) is 2.94. The van der Waals surface area contributed by atoms with Crippen LogP contribution in [0.1, 0.15) is 20.2 Å². The molecule has 0 atom stereocenters. The van der Waals surface area contributed by atoms with Gasteiger partial charge in [-0.15, -0.1) is 11.3 Å². The summed E-state index contributed by atoms with van der Waals surface area (Å²) in [6, 6.07) is 3.42. The highest BCUT2D eigenvalue weighted by Crippen LogP contribution is 2.28. The van der Waals surface area contributed by atoms with Gasteiger partial charge in [-0.2, -0.15) is 0 Å². The number of halogens is 1. The molecule has 3 heterocycles. The molecule has 18 heavy (non-hydrogen) atoms. The van der Waals surface area contributed by atoms with Crippen LogP contribution in [0.3, 0.4) is 0 Å². The van der Waals surface area contributed by atoms with E-state index >= 15 is 0 Å². The first-order valence-electron chi connectivity index (χ1n) is 5.35. The Morgan fingerprint density at radius 1 is 1.44 bits per heavy atom. The summed E-state index contributed by atoms with van der Waals surface area (Å²) < 4.78 is 5.95. The first kappa shape index (κ1) is 12.1. The van der Waals surface area contributed by atoms with Gasteiger partial charge in [-0.3, -0.25) is 10.1 Å². The number of nitrogens with zero attached hydrogens (tertiary/aromatic N) is 1. The molecule has 1 N–H and O–H groups in total. The summed E-state index contributed by atoms with van der Waals surface area (Å²) in [6.07, 6.45) is 0.812. The van der Waals surface area contributed by atoms with Crippen LogP contribution in [-0.4, -0.2) is 17.5 Å². The predicted octanol–water partition coefficient (Wildman–Crippen LogP) is 3.18. The quantitative estimate of drug-likeness (QED) is 0.926. The molecule has 0 spiro atoms. The van der Waals surface area contributed by atoms with E-state index in [4.69, 9.17) is 16.3 Å². The molecular weight excluding hydrogens is 292 g/mol. The largest absolute Gasteiger partial charge is 0.375 e. The maximum Gasteiger partial charge on any atom is 0.267 e. The van der Waals surface area contributed by atoms with E-state index in [0.29, 0.717) is 27.6 Å². The number of ether oxygens (including phenoxy) is 1. The Balaban J connectivity index is 1.76. The summed E-state index contributed by atoms with van der Waals surface area (Å²) in [5, 5.41) is 3.42. The molecule has 0 saturated heterocycles. The standard InChI is InChI=1S/C11H9ClN2O2S2/c12-9-2-1-7(17-9)10(15)14-11-13-6-3-4-16-5-8(6)18-11/h1-2H,3-5H2,(H,13,14,15). The number of anilines is 1. The first-order chi connectivity index (χ1) is 8.72. The number of fused-ring (bicyclic) bond motifs is 1. The zero-order valence-electron chi connectivity index (χ0n) is 9.23. The zero-order chi connectivity index (χ0) is 12.5. The molecule has 7 heteroatoms. The molecule has 0 aromatic carbocycles. The maximum absolute atomic E-state index is 11.9. The Labute approximate surface area is 117 Å². The van der Waals surface area contributed by atoms with Crippen molar-refractivity contribution < 1.29 is 9.53 Å². The topological polar surface area (TPSA) is 51.2 Å². The predicted molar refractivity (Wildman–Crippen MR) is 72.8 cm³/mol. The molecule has 2 aromatic heterocycles. The second-order valence-corrected chi connectivity index (χ2v) is 6.55. The van der Waals surface area contributed by atoms with Gasteiger partial charge in [-0.1, -0.05) is 22.9 Å². The van der Waals surface area contributed by atoms with Gasteiger partial charge in [-0.05, 0) is 12.1 Å². The minimum Gasteiger partial charge on any atom is -0.375 e. The molecular formula is C11H9ClN2O2S2. The zero-order valence-corrected chi connectivity index (χ0v) is 11.6. The first-order valence-corrected chi connectivity index (χ1v) is 7.36. The number of amides is 1. The average molecular weight is 301 g/mol. The van der Waals surface area contributed by atoms with Crippen molar-refractivity contribution in [2.45, 2.75) is 13.0 Å². The smallest absolute Gasteiger partial charge is 0.267 e. The van der Waals surface area contributed by atoms with Crippen molar-refractivity contribution >= 4 is 45.3 Å². The van der Waals surface area contributed by atoms with Gasteiger partial charge in [0.15, 0.2) is 5.13 Å². The number of rotatable bonds is 2. The normalized spacial score (nSPS) is 14.3. The minimum absolute atomic E-state index is 0.168. The van der Waals surface area contributed by atoms with E-state index in [0.717, 1.165) is 17.0 Å². The highest BCUT2D eigenvalue weighted by Gasteiger charge is 2.17. The molecule has 94 valence electrons. The third kappa shape index (κ3) is 2.42. The Morgan fingerprint density at radius 3 is 3.06 bits per heavy atom. The molecule has 4 nitrogen and oxygen atoms in total. The van der Waals surface area contributed by atoms with Gasteiger partial charge in [0, 0.05) is 6.42 Å². The molecule has 0 radical (unpaired) electrons. The lowest BCUT2D eigenvalue weighted by molar-refractivity contribution is 0.103. The summed E-state index contributed by atoms with van der Waals surface area (Å²) in [7, 11) is 0. The molecule has 1 aliphatic rings. The lowest BCUT2D eigenvalue weighted by Gasteiger charge is -2.08. The van der Waals surface area contributed by atoms with E-state index < -0.39 is 0 Å². The van der Waals surface area contributed by atoms with E-state index in [1.165, 1.54) is 22.7 Å². The fourth-order valence-corrected chi connectivity index (χ4v) is 3.55. The molecule has 0 fully saturated rings. The number of carbonyl (C=O) groups excluding carboxylic acids is 1. The minimum atomic E-state index is -0.168. The van der Waals surface area contributed by atoms with Crippen molar-refractivity contribution in [1.82, 2.24) is 4.98 Å². The molecule has 0 unspecified atom stereocenters. The van der Waals surface area contributed by atoms with E-state index in [1.54, 1.807) is 12.1 Å². The lowest BCUT2D eigenvalue weighted by atomic mass is 10.2. The van der Waals surface area contributed by atoms with Crippen LogP contribution in [0, 0.1) is 0 Å². The van der Waals surface area contributed by atoms with Gasteiger partial charge in [0.2, 0.25) is 0 Å². The molecule has 1 aliphatic heterocycles. The number of hydrogen-bond donors (Lipinski definition) is 1. The van der Waals surface area contributed by atoms with E-state index in [2.05, 4.69) is 10.3 Å². The number of thiazole rings is 1. The van der Waals surface area contributed by atoms with Crippen LogP contribution in [0.2, 0.25) is 4.34 Å². The van der Waals surface area contributed by atoms with Crippen LogP contribution in [0.5, 0.6) is 0 Å². The van der Waals surface area contributed by atoms with Crippen LogP contribution in [-0.2, 0) is 17.8 Å². The maximum atomic E-state index is 11.9. The van der Waals surface area contributed by atoms with Crippen LogP contribution in [0.4, 0.5) is 5.13 Å². The van der Waals surface area contributed by atoms with Gasteiger partial charge in [-0.25, -0.2) is 4.98 Å². The van der Waals surface area contributed by atoms with Crippen molar-refractivity contribution in [3.63, 3.8) is 0 Å². The Bertz CT molecular complexity index is 570. The molecule has 0 bridgehead atoms. The number of carbonyl (C=O) groups is 1. The second-order valence-electron chi connectivity index (χ2n) is 3.75. The highest BCUT2D eigenvalue weighted by atomic mass is 35.5. The lowest BCUT2D eigenvalue weighted by Crippen LogP contribution is -2.10. The van der Waals surface area contributed by atoms with Gasteiger partial charge in [0.05, 0.1) is 33.0 Å². The van der Waals surface area contributed by atoms with Gasteiger partial charge < -0.3 is 4.74 Å². The fraction of sp³-hybridized carbons (Fsp3) is 0.273. The molecule has 2 aromatic rings. The van der Waals surface area contributed by atoms with Crippen LogP contribution >= 0.6 is 34.3 Å². The van der Waals surface area contributed by atoms with E-state index in [1.807, 2.05) is 0 Å². The van der Waals surface area contributed by atoms with Gasteiger partial charge in [0.1, 0.15) is 0 Å². The monoisotopic (exact) mass is 300 g/mol. The Kier molecular flexibility index (Phi) is 3.34. The van der Waals surface area contributed by atoms with Gasteiger partial charge in [0.25, 0.3) is 5.91 Å². The van der Waals surface area contributed by atoms with Crippen LogP contribution < -0.4 is 5.32 Å². The fourth-order valence-electron chi connectivity index (χ4n) is 1.67. The number of hydrogen-bond acceptors (Lipinski definition) is 5. The summed E-state index contributed by atoms with van der Waals surface area (Å²) in [5.74, 6) is -0.168. The summed E-state index contributed by atoms with van der Waals surface area (Å²) in [5.41, 5.74) is 1.03. The SMILES string of the molecule is O=C(Nc1nc2c(s1)COCC2)c1ccc(Cl)s1. The summed E-state index contributed by atoms with van der Waals surface area (Å²) in [6.45, 7) is 1.29. The van der Waals surface area contributed by atoms with Crippen molar-refractivity contribution in [3.05, 3.63) is 31.9 Å². The van der Waals surface area contributed by atoms with E-state index in [-0.39, 0.29) is 5.91 Å². The van der Waals surface area contributed by atoms with Crippen LogP contribution in [0.15, 0.2) is 12.1 Å². The number of thiophene rings is 1. The van der Waals surface area contributed by atoms with Crippen molar-refractivity contribution in [2.24, 2.45) is 0 Å². The van der Waals surface area contributed by atoms with Crippen molar-refractivity contribution in [1.29, 1.82) is 0 Å². The second kappa shape index (κ2) is 4.97. The molecule has 0 aliphatic carbocycles. The Hall–Kier alpha value is -0.950. The summed E-state index contributed by atoms with van der Waals surface area (Å²) in [4.78, 5) is 18.0. The van der Waals surface area contributed by atoms with Crippen molar-refractivity contribution in [3.8, 4) is 0 Å².